The number of hydrogen-bond acceptors (Lipinski definition) is 6. The Balaban J connectivity index is 1.34. The zero-order chi connectivity index (χ0) is 27.9. The SMILES string of the molecule is CC(C)(C)c1sc(NC(=O)Cc2ccc(-c3cnc4cc(-c5ccccn5)ccn34)cc2F)nc1C(C)(C)N. The van der Waals surface area contributed by atoms with Crippen molar-refractivity contribution < 1.29 is 9.18 Å². The van der Waals surface area contributed by atoms with E-state index in [0.717, 1.165) is 33.2 Å². The lowest BCUT2D eigenvalue weighted by Gasteiger charge is -2.24. The van der Waals surface area contributed by atoms with E-state index in [1.54, 1.807) is 24.5 Å². The molecular weight excluding hydrogens is 511 g/mol. The summed E-state index contributed by atoms with van der Waals surface area (Å²) in [4.78, 5) is 27.3. The minimum Gasteiger partial charge on any atom is -0.321 e. The summed E-state index contributed by atoms with van der Waals surface area (Å²) in [6.07, 6.45) is 5.25. The minimum absolute atomic E-state index is 0.113. The summed E-state index contributed by atoms with van der Waals surface area (Å²) in [5.74, 6) is -0.796. The third-order valence-electron chi connectivity index (χ3n) is 6.34. The van der Waals surface area contributed by atoms with Crippen molar-refractivity contribution in [1.29, 1.82) is 0 Å². The number of rotatable bonds is 6. The average Bonchev–Trinajstić information content (AvgIpc) is 3.50. The number of halogens is 1. The zero-order valence-corrected chi connectivity index (χ0v) is 23.4. The molecule has 0 radical (unpaired) electrons. The number of hydrogen-bond donors (Lipinski definition) is 2. The lowest BCUT2D eigenvalue weighted by atomic mass is 9.88. The molecule has 0 aliphatic rings. The topological polar surface area (TPSA) is 98.2 Å². The van der Waals surface area contributed by atoms with Gasteiger partial charge in [-0.05, 0) is 55.2 Å². The molecule has 0 bridgehead atoms. The summed E-state index contributed by atoms with van der Waals surface area (Å²) in [5, 5.41) is 3.30. The number of aromatic nitrogens is 4. The number of carbonyl (C=O) groups excluding carboxylic acids is 1. The van der Waals surface area contributed by atoms with E-state index >= 15 is 4.39 Å². The first-order chi connectivity index (χ1) is 18.4. The van der Waals surface area contributed by atoms with Crippen LogP contribution < -0.4 is 11.1 Å². The molecule has 7 nitrogen and oxygen atoms in total. The summed E-state index contributed by atoms with van der Waals surface area (Å²) in [7, 11) is 0. The maximum atomic E-state index is 15.2. The maximum Gasteiger partial charge on any atom is 0.230 e. The molecule has 0 aliphatic heterocycles. The van der Waals surface area contributed by atoms with Gasteiger partial charge in [-0.3, -0.25) is 14.2 Å². The van der Waals surface area contributed by atoms with Gasteiger partial charge >= 0.3 is 0 Å². The van der Waals surface area contributed by atoms with E-state index in [1.807, 2.05) is 54.8 Å². The Kier molecular flexibility index (Phi) is 6.82. The first-order valence-electron chi connectivity index (χ1n) is 12.7. The number of anilines is 1. The summed E-state index contributed by atoms with van der Waals surface area (Å²) in [6.45, 7) is 10.0. The Morgan fingerprint density at radius 2 is 1.85 bits per heavy atom. The number of fused-ring (bicyclic) bond motifs is 1. The number of nitrogens with two attached hydrogens (primary N) is 1. The fraction of sp³-hybridized carbons (Fsp3) is 0.267. The van der Waals surface area contributed by atoms with E-state index in [9.17, 15) is 4.79 Å². The van der Waals surface area contributed by atoms with Crippen molar-refractivity contribution >= 4 is 28.0 Å². The molecule has 39 heavy (non-hydrogen) atoms. The Hall–Kier alpha value is -3.95. The van der Waals surface area contributed by atoms with Gasteiger partial charge in [-0.15, -0.1) is 11.3 Å². The first kappa shape index (κ1) is 26.6. The Labute approximate surface area is 231 Å². The van der Waals surface area contributed by atoms with Gasteiger partial charge in [0.05, 0.1) is 35.2 Å². The number of nitrogens with zero attached hydrogens (tertiary/aromatic N) is 4. The summed E-state index contributed by atoms with van der Waals surface area (Å²) in [6, 6.07) is 14.5. The molecule has 0 saturated carbocycles. The van der Waals surface area contributed by atoms with Crippen molar-refractivity contribution in [2.45, 2.75) is 52.0 Å². The molecular formula is C30H31FN6OS. The van der Waals surface area contributed by atoms with Crippen LogP contribution in [0.3, 0.4) is 0 Å². The summed E-state index contributed by atoms with van der Waals surface area (Å²) >= 11 is 1.41. The van der Waals surface area contributed by atoms with E-state index in [4.69, 9.17) is 5.73 Å². The highest BCUT2D eigenvalue weighted by atomic mass is 32.1. The second kappa shape index (κ2) is 9.98. The van der Waals surface area contributed by atoms with Gasteiger partial charge in [0.2, 0.25) is 5.91 Å². The van der Waals surface area contributed by atoms with Crippen LogP contribution in [-0.4, -0.2) is 25.3 Å². The average molecular weight is 543 g/mol. The fourth-order valence-electron chi connectivity index (χ4n) is 4.39. The standard InChI is InChI=1S/C30H31FN6OS/c1-29(2,3)27-26(30(4,5)32)36-28(39-27)35-25(38)16-18-9-10-20(14-21(18)31)23-17-34-24-15-19(11-13-37(23)24)22-8-6-7-12-33-22/h6-15,17H,16,32H2,1-5H3,(H,35,36,38). The van der Waals surface area contributed by atoms with Crippen molar-refractivity contribution in [2.75, 3.05) is 5.32 Å². The first-order valence-corrected chi connectivity index (χ1v) is 13.5. The molecule has 0 saturated heterocycles. The molecule has 5 rings (SSSR count). The second-order valence-electron chi connectivity index (χ2n) is 11.2. The number of thiazole rings is 1. The number of amides is 1. The van der Waals surface area contributed by atoms with Gasteiger partial charge in [0, 0.05) is 28.4 Å². The molecule has 0 unspecified atom stereocenters. The van der Waals surface area contributed by atoms with Crippen LogP contribution in [-0.2, 0) is 22.2 Å². The highest BCUT2D eigenvalue weighted by Gasteiger charge is 2.30. The van der Waals surface area contributed by atoms with E-state index in [-0.39, 0.29) is 17.7 Å². The van der Waals surface area contributed by atoms with Crippen LogP contribution in [0.15, 0.2) is 67.1 Å². The van der Waals surface area contributed by atoms with Crippen LogP contribution >= 0.6 is 11.3 Å². The van der Waals surface area contributed by atoms with E-state index in [0.29, 0.717) is 16.3 Å². The smallest absolute Gasteiger partial charge is 0.230 e. The van der Waals surface area contributed by atoms with Gasteiger partial charge in [0.1, 0.15) is 11.5 Å². The lowest BCUT2D eigenvalue weighted by Crippen LogP contribution is -2.32. The van der Waals surface area contributed by atoms with Crippen molar-refractivity contribution in [3.63, 3.8) is 0 Å². The maximum absolute atomic E-state index is 15.2. The van der Waals surface area contributed by atoms with E-state index < -0.39 is 11.4 Å². The molecule has 0 fully saturated rings. The van der Waals surface area contributed by atoms with Gasteiger partial charge in [-0.25, -0.2) is 14.4 Å². The van der Waals surface area contributed by atoms with Gasteiger partial charge in [0.25, 0.3) is 0 Å². The number of carbonyl (C=O) groups is 1. The monoisotopic (exact) mass is 542 g/mol. The van der Waals surface area contributed by atoms with Gasteiger partial charge < -0.3 is 11.1 Å². The predicted octanol–water partition coefficient (Wildman–Crippen LogP) is 6.33. The van der Waals surface area contributed by atoms with Crippen LogP contribution in [0.4, 0.5) is 9.52 Å². The third-order valence-corrected chi connectivity index (χ3v) is 7.74. The molecule has 3 N–H and O–H groups in total. The third kappa shape index (κ3) is 5.60. The number of pyridine rings is 2. The largest absolute Gasteiger partial charge is 0.321 e. The summed E-state index contributed by atoms with van der Waals surface area (Å²) < 4.78 is 17.1. The van der Waals surface area contributed by atoms with Crippen LogP contribution in [0.2, 0.25) is 0 Å². The number of nitrogens with one attached hydrogen (secondary N) is 1. The van der Waals surface area contributed by atoms with Crippen LogP contribution in [0, 0.1) is 5.82 Å². The molecule has 0 aliphatic carbocycles. The van der Waals surface area contributed by atoms with E-state index in [1.165, 1.54) is 17.4 Å². The predicted molar refractivity (Wildman–Crippen MR) is 154 cm³/mol. The lowest BCUT2D eigenvalue weighted by molar-refractivity contribution is -0.115. The molecule has 1 aromatic carbocycles. The molecule has 4 aromatic heterocycles. The van der Waals surface area contributed by atoms with E-state index in [2.05, 4.69) is 41.0 Å². The Morgan fingerprint density at radius 1 is 1.05 bits per heavy atom. The minimum atomic E-state index is -0.651. The number of imidazole rings is 1. The molecule has 9 heteroatoms. The van der Waals surface area contributed by atoms with Gasteiger partial charge in [-0.2, -0.15) is 0 Å². The highest BCUT2D eigenvalue weighted by molar-refractivity contribution is 7.16. The Bertz CT molecular complexity index is 1630. The number of benzene rings is 1. The molecule has 200 valence electrons. The quantitative estimate of drug-likeness (QED) is 0.261. The van der Waals surface area contributed by atoms with Crippen molar-refractivity contribution in [1.82, 2.24) is 19.4 Å². The highest BCUT2D eigenvalue weighted by Crippen LogP contribution is 2.38. The molecule has 0 atom stereocenters. The molecule has 4 heterocycles. The molecule has 5 aromatic rings. The van der Waals surface area contributed by atoms with Crippen molar-refractivity contribution in [3.8, 4) is 22.5 Å². The summed E-state index contributed by atoms with van der Waals surface area (Å²) in [5.41, 5.74) is 10.5. The fourth-order valence-corrected chi connectivity index (χ4v) is 5.60. The normalized spacial score (nSPS) is 12.2. The van der Waals surface area contributed by atoms with Crippen molar-refractivity contribution in [3.05, 3.63) is 89.1 Å². The van der Waals surface area contributed by atoms with Gasteiger partial charge in [-0.1, -0.05) is 39.0 Å². The zero-order valence-electron chi connectivity index (χ0n) is 22.6. The van der Waals surface area contributed by atoms with Crippen LogP contribution in [0.25, 0.3) is 28.2 Å². The molecule has 1 amide bonds. The van der Waals surface area contributed by atoms with Gasteiger partial charge in [0.15, 0.2) is 5.13 Å². The van der Waals surface area contributed by atoms with Crippen molar-refractivity contribution in [2.24, 2.45) is 5.73 Å². The van der Waals surface area contributed by atoms with Crippen LogP contribution in [0.1, 0.15) is 50.8 Å². The second-order valence-corrected chi connectivity index (χ2v) is 12.2. The Morgan fingerprint density at radius 3 is 2.49 bits per heavy atom. The molecule has 0 spiro atoms. The van der Waals surface area contributed by atoms with Crippen LogP contribution in [0.5, 0.6) is 0 Å².